The molecule has 0 aliphatic heterocycles. The van der Waals surface area contributed by atoms with E-state index >= 15 is 0 Å². The van der Waals surface area contributed by atoms with Gasteiger partial charge in [0.2, 0.25) is 0 Å². The van der Waals surface area contributed by atoms with Crippen molar-refractivity contribution in [2.75, 3.05) is 13.1 Å². The van der Waals surface area contributed by atoms with Gasteiger partial charge in [-0.05, 0) is 64.5 Å². The first-order chi connectivity index (χ1) is 10.7. The van der Waals surface area contributed by atoms with E-state index in [1.54, 1.807) is 6.07 Å². The summed E-state index contributed by atoms with van der Waals surface area (Å²) < 4.78 is 5.16. The molecule has 2 rings (SSSR count). The number of hydrogen-bond donors (Lipinski definition) is 3. The Labute approximate surface area is 132 Å². The van der Waals surface area contributed by atoms with E-state index < -0.39 is 0 Å². The van der Waals surface area contributed by atoms with Crippen LogP contribution in [-0.2, 0) is 0 Å². The molecule has 1 aliphatic carbocycles. The van der Waals surface area contributed by atoms with Crippen molar-refractivity contribution in [2.24, 2.45) is 0 Å². The zero-order valence-corrected chi connectivity index (χ0v) is 13.4. The molecule has 1 aliphatic rings. The summed E-state index contributed by atoms with van der Waals surface area (Å²) >= 11 is 0. The van der Waals surface area contributed by atoms with Crippen molar-refractivity contribution in [2.45, 2.75) is 64.0 Å². The van der Waals surface area contributed by atoms with Crippen LogP contribution in [0.3, 0.4) is 0 Å². The minimum atomic E-state index is -0.137. The van der Waals surface area contributed by atoms with Crippen molar-refractivity contribution >= 4 is 5.91 Å². The Morgan fingerprint density at radius 3 is 2.64 bits per heavy atom. The number of carbonyl (C=O) groups excluding carboxylic acids is 1. The van der Waals surface area contributed by atoms with Gasteiger partial charge in [-0.3, -0.25) is 4.79 Å². The van der Waals surface area contributed by atoms with Gasteiger partial charge in [0.15, 0.2) is 5.76 Å². The number of aryl methyl sites for hydroxylation is 1. The Morgan fingerprint density at radius 1 is 1.27 bits per heavy atom. The first kappa shape index (κ1) is 17.0. The highest BCUT2D eigenvalue weighted by atomic mass is 16.3. The molecular weight excluding hydrogens is 280 g/mol. The van der Waals surface area contributed by atoms with Crippen molar-refractivity contribution < 1.29 is 14.3 Å². The molecule has 0 bridgehead atoms. The zero-order valence-electron chi connectivity index (χ0n) is 13.4. The van der Waals surface area contributed by atoms with Gasteiger partial charge in [-0.1, -0.05) is 0 Å². The standard InChI is InChI=1S/C17H28N2O3/c1-13-9-12-22-16(13)17(21)19-11-4-10-18-14-5-2-7-15(20)8-3-6-14/h9,12,14-15,18,20H,2-8,10-11H2,1H3,(H,19,21). The zero-order chi connectivity index (χ0) is 15.8. The number of nitrogens with one attached hydrogen (secondary N) is 2. The Bertz CT molecular complexity index is 449. The lowest BCUT2D eigenvalue weighted by molar-refractivity contribution is 0.0924. The van der Waals surface area contributed by atoms with Gasteiger partial charge in [-0.2, -0.15) is 0 Å². The number of hydrogen-bond acceptors (Lipinski definition) is 4. The summed E-state index contributed by atoms with van der Waals surface area (Å²) in [5.74, 6) is 0.272. The minimum Gasteiger partial charge on any atom is -0.459 e. The van der Waals surface area contributed by atoms with E-state index in [-0.39, 0.29) is 12.0 Å². The van der Waals surface area contributed by atoms with Gasteiger partial charge in [0.1, 0.15) is 0 Å². The van der Waals surface area contributed by atoms with Crippen LogP contribution in [0.4, 0.5) is 0 Å². The van der Waals surface area contributed by atoms with E-state index in [1.807, 2.05) is 6.92 Å². The van der Waals surface area contributed by atoms with Crippen LogP contribution in [0.15, 0.2) is 16.7 Å². The second kappa shape index (κ2) is 8.96. The van der Waals surface area contributed by atoms with Crippen molar-refractivity contribution in [3.63, 3.8) is 0 Å². The Kier molecular flexibility index (Phi) is 6.93. The summed E-state index contributed by atoms with van der Waals surface area (Å²) in [6.07, 6.45) is 8.65. The van der Waals surface area contributed by atoms with Crippen LogP contribution >= 0.6 is 0 Å². The van der Waals surface area contributed by atoms with Crippen LogP contribution in [0.25, 0.3) is 0 Å². The molecular formula is C17H28N2O3. The Hall–Kier alpha value is -1.33. The molecule has 1 fully saturated rings. The van der Waals surface area contributed by atoms with Gasteiger partial charge in [0, 0.05) is 18.2 Å². The number of aliphatic hydroxyl groups excluding tert-OH is 1. The first-order valence-electron chi connectivity index (χ1n) is 8.40. The van der Waals surface area contributed by atoms with Crippen LogP contribution < -0.4 is 10.6 Å². The summed E-state index contributed by atoms with van der Waals surface area (Å²) in [5.41, 5.74) is 0.868. The molecule has 0 aromatic carbocycles. The quantitative estimate of drug-likeness (QED) is 0.705. The lowest BCUT2D eigenvalue weighted by Gasteiger charge is -2.23. The monoisotopic (exact) mass is 308 g/mol. The van der Waals surface area contributed by atoms with E-state index in [4.69, 9.17) is 4.42 Å². The minimum absolute atomic E-state index is 0.0961. The SMILES string of the molecule is Cc1ccoc1C(=O)NCCCNC1CCCC(O)CCC1. The topological polar surface area (TPSA) is 74.5 Å². The molecule has 1 heterocycles. The maximum Gasteiger partial charge on any atom is 0.287 e. The smallest absolute Gasteiger partial charge is 0.287 e. The van der Waals surface area contributed by atoms with Gasteiger partial charge < -0.3 is 20.2 Å². The van der Waals surface area contributed by atoms with Crippen molar-refractivity contribution in [3.8, 4) is 0 Å². The molecule has 0 atom stereocenters. The van der Waals surface area contributed by atoms with E-state index in [0.717, 1.165) is 57.1 Å². The number of amides is 1. The normalized spacial score (nSPS) is 22.8. The van der Waals surface area contributed by atoms with Gasteiger partial charge in [0.25, 0.3) is 5.91 Å². The predicted molar refractivity (Wildman–Crippen MR) is 85.9 cm³/mol. The fourth-order valence-corrected chi connectivity index (χ4v) is 2.97. The third-order valence-electron chi connectivity index (χ3n) is 4.32. The fourth-order valence-electron chi connectivity index (χ4n) is 2.97. The average Bonchev–Trinajstić information content (AvgIpc) is 2.90. The molecule has 3 N–H and O–H groups in total. The molecule has 1 amide bonds. The highest BCUT2D eigenvalue weighted by Crippen LogP contribution is 2.17. The van der Waals surface area contributed by atoms with Crippen LogP contribution in [0, 0.1) is 6.92 Å². The molecule has 22 heavy (non-hydrogen) atoms. The largest absolute Gasteiger partial charge is 0.459 e. The summed E-state index contributed by atoms with van der Waals surface area (Å²) in [6.45, 7) is 3.42. The molecule has 0 unspecified atom stereocenters. The molecule has 0 radical (unpaired) electrons. The molecule has 5 heteroatoms. The van der Waals surface area contributed by atoms with Gasteiger partial charge >= 0.3 is 0 Å². The second-order valence-electron chi connectivity index (χ2n) is 6.21. The van der Waals surface area contributed by atoms with Crippen molar-refractivity contribution in [1.29, 1.82) is 0 Å². The first-order valence-corrected chi connectivity index (χ1v) is 8.40. The van der Waals surface area contributed by atoms with E-state index in [2.05, 4.69) is 10.6 Å². The lowest BCUT2D eigenvalue weighted by Crippen LogP contribution is -2.33. The molecule has 1 aromatic heterocycles. The molecule has 5 nitrogen and oxygen atoms in total. The number of furan rings is 1. The summed E-state index contributed by atoms with van der Waals surface area (Å²) in [5, 5.41) is 16.1. The molecule has 1 aromatic rings. The van der Waals surface area contributed by atoms with E-state index in [9.17, 15) is 9.90 Å². The molecule has 1 saturated carbocycles. The summed E-state index contributed by atoms with van der Waals surface area (Å²) in [7, 11) is 0. The fraction of sp³-hybridized carbons (Fsp3) is 0.706. The number of aliphatic hydroxyl groups is 1. The summed E-state index contributed by atoms with van der Waals surface area (Å²) in [6, 6.07) is 2.35. The predicted octanol–water partition coefficient (Wildman–Crippen LogP) is 2.38. The molecule has 124 valence electrons. The van der Waals surface area contributed by atoms with Crippen molar-refractivity contribution in [3.05, 3.63) is 23.7 Å². The lowest BCUT2D eigenvalue weighted by atomic mass is 9.95. The van der Waals surface area contributed by atoms with Gasteiger partial charge in [-0.25, -0.2) is 0 Å². The summed E-state index contributed by atoms with van der Waals surface area (Å²) in [4.78, 5) is 11.9. The van der Waals surface area contributed by atoms with E-state index in [0.29, 0.717) is 18.3 Å². The van der Waals surface area contributed by atoms with Crippen molar-refractivity contribution in [1.82, 2.24) is 10.6 Å². The maximum absolute atomic E-state index is 11.9. The van der Waals surface area contributed by atoms with Crippen LogP contribution in [0.1, 0.15) is 61.1 Å². The number of rotatable bonds is 6. The molecule has 0 saturated heterocycles. The Balaban J connectivity index is 1.57. The number of carbonyl (C=O) groups is 1. The van der Waals surface area contributed by atoms with Crippen LogP contribution in [-0.4, -0.2) is 36.2 Å². The third-order valence-corrected chi connectivity index (χ3v) is 4.32. The molecule has 0 spiro atoms. The van der Waals surface area contributed by atoms with Gasteiger partial charge in [-0.15, -0.1) is 0 Å². The van der Waals surface area contributed by atoms with Gasteiger partial charge in [0.05, 0.1) is 12.4 Å². The van der Waals surface area contributed by atoms with Crippen LogP contribution in [0.2, 0.25) is 0 Å². The third kappa shape index (κ3) is 5.46. The van der Waals surface area contributed by atoms with Crippen LogP contribution in [0.5, 0.6) is 0 Å². The average molecular weight is 308 g/mol. The maximum atomic E-state index is 11.9. The highest BCUT2D eigenvalue weighted by molar-refractivity contribution is 5.92. The Morgan fingerprint density at radius 2 is 2.00 bits per heavy atom. The second-order valence-corrected chi connectivity index (χ2v) is 6.21. The van der Waals surface area contributed by atoms with E-state index in [1.165, 1.54) is 6.26 Å². The highest BCUT2D eigenvalue weighted by Gasteiger charge is 2.15.